The van der Waals surface area contributed by atoms with Gasteiger partial charge in [-0.1, -0.05) is 75.7 Å². The zero-order chi connectivity index (χ0) is 15.9. The van der Waals surface area contributed by atoms with Crippen LogP contribution in [0.1, 0.15) is 0 Å². The van der Waals surface area contributed by atoms with Gasteiger partial charge in [0, 0.05) is 11.6 Å². The third-order valence-electron chi connectivity index (χ3n) is 2.64. The minimum Gasteiger partial charge on any atom is -0.258 e. The van der Waals surface area contributed by atoms with E-state index < -0.39 is 4.92 Å². The zero-order valence-electron chi connectivity index (χ0n) is 9.76. The molecule has 0 aliphatic rings. The Bertz CT molecular complexity index is 733. The van der Waals surface area contributed by atoms with Crippen LogP contribution in [-0.4, -0.2) is 4.92 Å². The molecule has 0 heterocycles. The molecule has 2 aromatic rings. The van der Waals surface area contributed by atoms with Crippen molar-refractivity contribution in [1.29, 1.82) is 0 Å². The molecule has 110 valence electrons. The van der Waals surface area contributed by atoms with Gasteiger partial charge in [0.1, 0.15) is 5.02 Å². The van der Waals surface area contributed by atoms with Gasteiger partial charge in [-0.3, -0.25) is 10.1 Å². The van der Waals surface area contributed by atoms with E-state index in [9.17, 15) is 10.1 Å². The third kappa shape index (κ3) is 3.04. The van der Waals surface area contributed by atoms with Crippen molar-refractivity contribution in [3.05, 3.63) is 58.4 Å². The molecule has 0 radical (unpaired) electrons. The molecule has 0 atom stereocenters. The second-order valence-corrected chi connectivity index (χ2v) is 6.17. The maximum absolute atomic E-state index is 10.9. The molecule has 2 rings (SSSR count). The van der Waals surface area contributed by atoms with Gasteiger partial charge in [-0.15, -0.1) is 0 Å². The van der Waals surface area contributed by atoms with Crippen LogP contribution in [0.5, 0.6) is 0 Å². The van der Waals surface area contributed by atoms with E-state index in [4.69, 9.17) is 69.6 Å². The molecule has 0 amide bonds. The summed E-state index contributed by atoms with van der Waals surface area (Å²) in [6.45, 7) is 0. The molecule has 0 saturated heterocycles. The normalized spacial score (nSPS) is 10.8. The van der Waals surface area contributed by atoms with Crippen molar-refractivity contribution in [2.45, 2.75) is 0 Å². The van der Waals surface area contributed by atoms with Crippen LogP contribution in [0, 0.1) is 10.1 Å². The second kappa shape index (κ2) is 6.37. The van der Waals surface area contributed by atoms with Crippen LogP contribution in [0.15, 0.2) is 18.2 Å². The van der Waals surface area contributed by atoms with Crippen LogP contribution in [0.2, 0.25) is 30.1 Å². The molecular formula is C12H3Cl6NO2. The van der Waals surface area contributed by atoms with Gasteiger partial charge in [0.05, 0.1) is 30.0 Å². The fourth-order valence-corrected chi connectivity index (χ4v) is 3.21. The Labute approximate surface area is 149 Å². The molecule has 0 saturated carbocycles. The summed E-state index contributed by atoms with van der Waals surface area (Å²) in [6, 6.07) is 4.11. The minimum absolute atomic E-state index is 0.0119. The van der Waals surface area contributed by atoms with Crippen molar-refractivity contribution in [2.24, 2.45) is 0 Å². The number of halogens is 6. The molecule has 3 nitrogen and oxygen atoms in total. The molecule has 0 spiro atoms. The third-order valence-corrected chi connectivity index (χ3v) is 5.24. The first-order chi connectivity index (χ1) is 9.75. The Morgan fingerprint density at radius 3 is 1.76 bits per heavy atom. The van der Waals surface area contributed by atoms with Crippen molar-refractivity contribution in [2.75, 3.05) is 0 Å². The first kappa shape index (κ1) is 16.9. The van der Waals surface area contributed by atoms with E-state index >= 15 is 0 Å². The van der Waals surface area contributed by atoms with Crippen molar-refractivity contribution in [3.8, 4) is 11.1 Å². The maximum atomic E-state index is 10.9. The highest BCUT2D eigenvalue weighted by atomic mass is 35.5. The summed E-state index contributed by atoms with van der Waals surface area (Å²) in [5, 5.41) is 11.1. The summed E-state index contributed by atoms with van der Waals surface area (Å²) in [5.41, 5.74) is 0.308. The number of nitro groups is 1. The van der Waals surface area contributed by atoms with Crippen molar-refractivity contribution in [3.63, 3.8) is 0 Å². The SMILES string of the molecule is O=[N+]([O-])c1cc(-c2c(Cl)c(Cl)c(Cl)c(Cl)c2Cl)ccc1Cl. The van der Waals surface area contributed by atoms with Gasteiger partial charge in [0.2, 0.25) is 0 Å². The number of nitrogens with zero attached hydrogens (tertiary/aromatic N) is 1. The average molecular weight is 406 g/mol. The van der Waals surface area contributed by atoms with Gasteiger partial charge in [0.15, 0.2) is 0 Å². The largest absolute Gasteiger partial charge is 0.288 e. The molecule has 0 bridgehead atoms. The topological polar surface area (TPSA) is 43.1 Å². The summed E-state index contributed by atoms with van der Waals surface area (Å²) >= 11 is 35.9. The monoisotopic (exact) mass is 403 g/mol. The molecule has 2 aromatic carbocycles. The van der Waals surface area contributed by atoms with E-state index in [0.717, 1.165) is 0 Å². The highest BCUT2D eigenvalue weighted by Gasteiger charge is 2.22. The smallest absolute Gasteiger partial charge is 0.258 e. The Kier molecular flexibility index (Phi) is 5.14. The summed E-state index contributed by atoms with van der Waals surface area (Å²) < 4.78 is 0. The Hall–Kier alpha value is -0.420. The molecule has 0 unspecified atom stereocenters. The fraction of sp³-hybridized carbons (Fsp3) is 0. The zero-order valence-corrected chi connectivity index (χ0v) is 14.3. The molecule has 9 heteroatoms. The van der Waals surface area contributed by atoms with E-state index in [2.05, 4.69) is 0 Å². The molecule has 0 aliphatic heterocycles. The lowest BCUT2D eigenvalue weighted by Gasteiger charge is -2.12. The average Bonchev–Trinajstić information content (AvgIpc) is 2.44. The highest BCUT2D eigenvalue weighted by Crippen LogP contribution is 2.48. The quantitative estimate of drug-likeness (QED) is 0.230. The first-order valence-electron chi connectivity index (χ1n) is 5.21. The number of nitro benzene ring substituents is 1. The van der Waals surface area contributed by atoms with Crippen LogP contribution in [-0.2, 0) is 0 Å². The lowest BCUT2D eigenvalue weighted by molar-refractivity contribution is -0.384. The van der Waals surface area contributed by atoms with Crippen molar-refractivity contribution >= 4 is 75.3 Å². The summed E-state index contributed by atoms with van der Waals surface area (Å²) in [5.74, 6) is 0. The Morgan fingerprint density at radius 2 is 1.29 bits per heavy atom. The van der Waals surface area contributed by atoms with Gasteiger partial charge in [-0.05, 0) is 11.6 Å². The predicted molar refractivity (Wildman–Crippen MR) is 88.6 cm³/mol. The molecule has 21 heavy (non-hydrogen) atoms. The Balaban J connectivity index is 2.80. The number of benzene rings is 2. The summed E-state index contributed by atoms with van der Waals surface area (Å²) in [7, 11) is 0. The number of hydrogen-bond donors (Lipinski definition) is 0. The standard InChI is InChI=1S/C12H3Cl6NO2/c13-5-2-1-4(3-6(5)19(20)21)7-8(14)10(16)12(18)11(17)9(7)15/h1-3H. The number of rotatable bonds is 2. The predicted octanol–water partition coefficient (Wildman–Crippen LogP) is 7.18. The molecule has 0 aliphatic carbocycles. The maximum Gasteiger partial charge on any atom is 0.288 e. The van der Waals surface area contributed by atoms with Gasteiger partial charge in [0.25, 0.3) is 5.69 Å². The van der Waals surface area contributed by atoms with Crippen LogP contribution < -0.4 is 0 Å². The molecule has 0 N–H and O–H groups in total. The van der Waals surface area contributed by atoms with E-state index in [1.54, 1.807) is 0 Å². The van der Waals surface area contributed by atoms with Crippen LogP contribution in [0.25, 0.3) is 11.1 Å². The van der Waals surface area contributed by atoms with Gasteiger partial charge in [-0.25, -0.2) is 0 Å². The molecular weight excluding hydrogens is 403 g/mol. The van der Waals surface area contributed by atoms with Crippen LogP contribution in [0.3, 0.4) is 0 Å². The Morgan fingerprint density at radius 1 is 0.810 bits per heavy atom. The van der Waals surface area contributed by atoms with E-state index in [-0.39, 0.29) is 41.4 Å². The van der Waals surface area contributed by atoms with Crippen LogP contribution >= 0.6 is 69.6 Å². The lowest BCUT2D eigenvalue weighted by atomic mass is 10.0. The van der Waals surface area contributed by atoms with E-state index in [1.165, 1.54) is 18.2 Å². The minimum atomic E-state index is -0.618. The van der Waals surface area contributed by atoms with E-state index in [1.807, 2.05) is 0 Å². The number of hydrogen-bond acceptors (Lipinski definition) is 2. The second-order valence-electron chi connectivity index (χ2n) is 3.87. The van der Waals surface area contributed by atoms with Gasteiger partial charge >= 0.3 is 0 Å². The molecule has 0 aromatic heterocycles. The summed E-state index contributed by atoms with van der Waals surface area (Å²) in [6.07, 6.45) is 0. The van der Waals surface area contributed by atoms with Crippen molar-refractivity contribution < 1.29 is 4.92 Å². The highest BCUT2D eigenvalue weighted by molar-refractivity contribution is 6.56. The van der Waals surface area contributed by atoms with E-state index in [0.29, 0.717) is 5.56 Å². The van der Waals surface area contributed by atoms with Gasteiger partial charge < -0.3 is 0 Å². The lowest BCUT2D eigenvalue weighted by Crippen LogP contribution is -1.92. The summed E-state index contributed by atoms with van der Waals surface area (Å²) in [4.78, 5) is 10.3. The van der Waals surface area contributed by atoms with Crippen molar-refractivity contribution in [1.82, 2.24) is 0 Å². The van der Waals surface area contributed by atoms with Gasteiger partial charge in [-0.2, -0.15) is 0 Å². The first-order valence-corrected chi connectivity index (χ1v) is 7.48. The molecule has 0 fully saturated rings. The van der Waals surface area contributed by atoms with Crippen LogP contribution in [0.4, 0.5) is 5.69 Å². The fourth-order valence-electron chi connectivity index (χ4n) is 1.67.